The molecule has 0 saturated carbocycles. The van der Waals surface area contributed by atoms with Gasteiger partial charge in [0.15, 0.2) is 0 Å². The Balaban J connectivity index is 1.99. The number of likely N-dealkylation sites (tertiary alicyclic amines) is 1. The quantitative estimate of drug-likeness (QED) is 0.801. The number of carbonyl (C=O) groups excluding carboxylic acids is 1. The Morgan fingerprint density at radius 2 is 2.35 bits per heavy atom. The summed E-state index contributed by atoms with van der Waals surface area (Å²) in [6, 6.07) is 7.43. The van der Waals surface area contributed by atoms with Crippen molar-refractivity contribution in [3.63, 3.8) is 0 Å². The van der Waals surface area contributed by atoms with Gasteiger partial charge in [-0.25, -0.2) is 0 Å². The summed E-state index contributed by atoms with van der Waals surface area (Å²) in [5, 5.41) is 9.08. The molecule has 4 heteroatoms. The van der Waals surface area contributed by atoms with E-state index in [4.69, 9.17) is 10.8 Å². The molecule has 2 rings (SSSR count). The third kappa shape index (κ3) is 3.05. The maximum atomic E-state index is 11.1. The Labute approximate surface area is 101 Å². The van der Waals surface area contributed by atoms with E-state index in [1.807, 2.05) is 18.2 Å². The van der Waals surface area contributed by atoms with Crippen LogP contribution in [0.2, 0.25) is 0 Å². The van der Waals surface area contributed by atoms with Crippen molar-refractivity contribution < 1.29 is 9.90 Å². The lowest BCUT2D eigenvalue weighted by Gasteiger charge is -2.15. The molecule has 0 aromatic heterocycles. The number of primary amides is 1. The molecule has 0 spiro atoms. The lowest BCUT2D eigenvalue weighted by Crippen LogP contribution is -2.21. The van der Waals surface area contributed by atoms with Crippen molar-refractivity contribution in [3.05, 3.63) is 35.4 Å². The molecule has 1 aliphatic heterocycles. The van der Waals surface area contributed by atoms with Crippen molar-refractivity contribution >= 4 is 5.91 Å². The third-order valence-corrected chi connectivity index (χ3v) is 3.25. The van der Waals surface area contributed by atoms with Crippen LogP contribution in [-0.4, -0.2) is 35.6 Å². The van der Waals surface area contributed by atoms with Crippen molar-refractivity contribution in [2.75, 3.05) is 19.7 Å². The first-order chi connectivity index (χ1) is 8.19. The highest BCUT2D eigenvalue weighted by molar-refractivity contribution is 5.92. The van der Waals surface area contributed by atoms with Gasteiger partial charge in [-0.15, -0.1) is 0 Å². The average molecular weight is 234 g/mol. The van der Waals surface area contributed by atoms with Gasteiger partial charge in [0.2, 0.25) is 5.91 Å². The first kappa shape index (κ1) is 12.1. The summed E-state index contributed by atoms with van der Waals surface area (Å²) in [5.41, 5.74) is 6.90. The van der Waals surface area contributed by atoms with Crippen LogP contribution in [0.15, 0.2) is 24.3 Å². The number of hydrogen-bond donors (Lipinski definition) is 2. The van der Waals surface area contributed by atoms with Crippen LogP contribution in [0.4, 0.5) is 0 Å². The van der Waals surface area contributed by atoms with E-state index in [9.17, 15) is 4.79 Å². The largest absolute Gasteiger partial charge is 0.396 e. The number of benzene rings is 1. The Morgan fingerprint density at radius 3 is 3.00 bits per heavy atom. The summed E-state index contributed by atoms with van der Waals surface area (Å²) < 4.78 is 0. The minimum Gasteiger partial charge on any atom is -0.396 e. The Morgan fingerprint density at radius 1 is 1.53 bits per heavy atom. The van der Waals surface area contributed by atoms with Gasteiger partial charge in [0.1, 0.15) is 0 Å². The van der Waals surface area contributed by atoms with Crippen LogP contribution < -0.4 is 5.73 Å². The molecule has 17 heavy (non-hydrogen) atoms. The summed E-state index contributed by atoms with van der Waals surface area (Å²) >= 11 is 0. The number of carbonyl (C=O) groups is 1. The Hall–Kier alpha value is -1.39. The molecule has 1 saturated heterocycles. The highest BCUT2D eigenvalue weighted by Crippen LogP contribution is 2.18. The monoisotopic (exact) mass is 234 g/mol. The zero-order valence-electron chi connectivity index (χ0n) is 9.80. The molecular weight excluding hydrogens is 216 g/mol. The van der Waals surface area contributed by atoms with Crippen LogP contribution in [0.3, 0.4) is 0 Å². The zero-order valence-corrected chi connectivity index (χ0v) is 9.80. The van der Waals surface area contributed by atoms with E-state index in [0.29, 0.717) is 11.5 Å². The number of rotatable bonds is 4. The summed E-state index contributed by atoms with van der Waals surface area (Å²) in [5.74, 6) is 0.0100. The van der Waals surface area contributed by atoms with Crippen LogP contribution in [0.5, 0.6) is 0 Å². The number of nitrogens with zero attached hydrogens (tertiary/aromatic N) is 1. The van der Waals surface area contributed by atoms with E-state index >= 15 is 0 Å². The fourth-order valence-corrected chi connectivity index (χ4v) is 2.29. The second kappa shape index (κ2) is 5.29. The second-order valence-corrected chi connectivity index (χ2v) is 4.64. The number of aliphatic hydroxyl groups excluding tert-OH is 1. The number of aliphatic hydroxyl groups is 1. The molecule has 1 unspecified atom stereocenters. The molecule has 4 nitrogen and oxygen atoms in total. The fraction of sp³-hybridized carbons (Fsp3) is 0.462. The van der Waals surface area contributed by atoms with Crippen molar-refractivity contribution in [3.8, 4) is 0 Å². The van der Waals surface area contributed by atoms with Gasteiger partial charge in [-0.1, -0.05) is 12.1 Å². The van der Waals surface area contributed by atoms with Crippen molar-refractivity contribution in [2.24, 2.45) is 11.7 Å². The van der Waals surface area contributed by atoms with E-state index in [0.717, 1.165) is 31.6 Å². The lowest BCUT2D eigenvalue weighted by atomic mass is 10.1. The number of nitrogens with two attached hydrogens (primary N) is 1. The molecular formula is C13H18N2O2. The van der Waals surface area contributed by atoms with Crippen molar-refractivity contribution in [1.82, 2.24) is 4.90 Å². The topological polar surface area (TPSA) is 66.6 Å². The van der Waals surface area contributed by atoms with E-state index in [1.54, 1.807) is 6.07 Å². The Bertz CT molecular complexity index is 406. The van der Waals surface area contributed by atoms with Crippen molar-refractivity contribution in [1.29, 1.82) is 0 Å². The standard InChI is InChI=1S/C13H18N2O2/c14-13(17)12-3-1-2-10(6-12)7-15-5-4-11(8-15)9-16/h1-3,6,11,16H,4-5,7-9H2,(H2,14,17). The van der Waals surface area contributed by atoms with Gasteiger partial charge in [-0.3, -0.25) is 9.69 Å². The van der Waals surface area contributed by atoms with Crippen LogP contribution in [-0.2, 0) is 6.54 Å². The van der Waals surface area contributed by atoms with Crippen LogP contribution in [0, 0.1) is 5.92 Å². The van der Waals surface area contributed by atoms with Gasteiger partial charge in [0.25, 0.3) is 0 Å². The highest BCUT2D eigenvalue weighted by Gasteiger charge is 2.21. The predicted molar refractivity (Wildman–Crippen MR) is 65.4 cm³/mol. The lowest BCUT2D eigenvalue weighted by molar-refractivity contribution is 0.1000. The summed E-state index contributed by atoms with van der Waals surface area (Å²) in [6.45, 7) is 3.01. The van der Waals surface area contributed by atoms with Crippen LogP contribution in [0.1, 0.15) is 22.3 Å². The summed E-state index contributed by atoms with van der Waals surface area (Å²) in [7, 11) is 0. The molecule has 1 aromatic carbocycles. The third-order valence-electron chi connectivity index (χ3n) is 3.25. The van der Waals surface area contributed by atoms with E-state index in [2.05, 4.69) is 4.90 Å². The number of hydrogen-bond acceptors (Lipinski definition) is 3. The molecule has 1 aromatic rings. The molecule has 92 valence electrons. The second-order valence-electron chi connectivity index (χ2n) is 4.64. The SMILES string of the molecule is NC(=O)c1cccc(CN2CCC(CO)C2)c1. The number of amides is 1. The first-order valence-corrected chi connectivity index (χ1v) is 5.91. The van der Waals surface area contributed by atoms with E-state index in [1.165, 1.54) is 0 Å². The van der Waals surface area contributed by atoms with Gasteiger partial charge in [-0.05, 0) is 36.6 Å². The molecule has 1 aliphatic rings. The van der Waals surface area contributed by atoms with Gasteiger partial charge in [0.05, 0.1) is 0 Å². The smallest absolute Gasteiger partial charge is 0.248 e. The summed E-state index contributed by atoms with van der Waals surface area (Å²) in [6.07, 6.45) is 1.05. The summed E-state index contributed by atoms with van der Waals surface area (Å²) in [4.78, 5) is 13.4. The minimum absolute atomic E-state index is 0.262. The van der Waals surface area contributed by atoms with E-state index < -0.39 is 0 Å². The van der Waals surface area contributed by atoms with Gasteiger partial charge in [-0.2, -0.15) is 0 Å². The maximum Gasteiger partial charge on any atom is 0.248 e. The van der Waals surface area contributed by atoms with Crippen molar-refractivity contribution in [2.45, 2.75) is 13.0 Å². The first-order valence-electron chi connectivity index (χ1n) is 5.91. The molecule has 3 N–H and O–H groups in total. The average Bonchev–Trinajstić information content (AvgIpc) is 2.77. The predicted octanol–water partition coefficient (Wildman–Crippen LogP) is 0.600. The highest BCUT2D eigenvalue weighted by atomic mass is 16.3. The molecule has 0 aliphatic carbocycles. The normalized spacial score (nSPS) is 20.6. The molecule has 1 atom stereocenters. The molecule has 1 amide bonds. The molecule has 0 radical (unpaired) electrons. The molecule has 1 fully saturated rings. The Kier molecular flexibility index (Phi) is 3.76. The van der Waals surface area contributed by atoms with Gasteiger partial charge < -0.3 is 10.8 Å². The van der Waals surface area contributed by atoms with Crippen LogP contribution >= 0.6 is 0 Å². The maximum absolute atomic E-state index is 11.1. The zero-order chi connectivity index (χ0) is 12.3. The molecule has 0 bridgehead atoms. The van der Waals surface area contributed by atoms with Gasteiger partial charge in [0, 0.05) is 25.3 Å². The van der Waals surface area contributed by atoms with E-state index in [-0.39, 0.29) is 12.5 Å². The minimum atomic E-state index is -0.387. The molecule has 1 heterocycles. The van der Waals surface area contributed by atoms with Crippen LogP contribution in [0.25, 0.3) is 0 Å². The fourth-order valence-electron chi connectivity index (χ4n) is 2.29. The van der Waals surface area contributed by atoms with Gasteiger partial charge >= 0.3 is 0 Å².